The Morgan fingerprint density at radius 1 is 1.27 bits per heavy atom. The van der Waals surface area contributed by atoms with Crippen molar-refractivity contribution in [3.8, 4) is 0 Å². The quantitative estimate of drug-likeness (QED) is 0.727. The second-order valence-electron chi connectivity index (χ2n) is 5.15. The predicted molar refractivity (Wildman–Crippen MR) is 86.3 cm³/mol. The number of unbranched alkanes of at least 4 members (excludes halogenated alkanes) is 1. The SMILES string of the molecule is CCCCC(=O)Nc1ccc(S(=O)(=O)NC(C)COC)cc1. The van der Waals surface area contributed by atoms with E-state index in [2.05, 4.69) is 10.0 Å². The fraction of sp³-hybridized carbons (Fsp3) is 0.533. The summed E-state index contributed by atoms with van der Waals surface area (Å²) >= 11 is 0. The van der Waals surface area contributed by atoms with E-state index in [1.54, 1.807) is 19.1 Å². The van der Waals surface area contributed by atoms with Gasteiger partial charge in [-0.2, -0.15) is 0 Å². The highest BCUT2D eigenvalue weighted by atomic mass is 32.2. The number of ether oxygens (including phenoxy) is 1. The van der Waals surface area contributed by atoms with Crippen molar-refractivity contribution in [2.75, 3.05) is 19.0 Å². The predicted octanol–water partition coefficient (Wildman–Crippen LogP) is 2.13. The van der Waals surface area contributed by atoms with Gasteiger partial charge in [0.25, 0.3) is 0 Å². The second kappa shape index (κ2) is 8.87. The van der Waals surface area contributed by atoms with E-state index in [1.165, 1.54) is 19.2 Å². The monoisotopic (exact) mass is 328 g/mol. The molecule has 22 heavy (non-hydrogen) atoms. The van der Waals surface area contributed by atoms with Crippen LogP contribution in [0.15, 0.2) is 29.2 Å². The molecule has 0 radical (unpaired) electrons. The van der Waals surface area contributed by atoms with Crippen LogP contribution in [0, 0.1) is 0 Å². The van der Waals surface area contributed by atoms with E-state index in [4.69, 9.17) is 4.74 Å². The highest BCUT2D eigenvalue weighted by molar-refractivity contribution is 7.89. The third kappa shape index (κ3) is 6.13. The zero-order valence-corrected chi connectivity index (χ0v) is 14.1. The van der Waals surface area contributed by atoms with Crippen molar-refractivity contribution >= 4 is 21.6 Å². The molecule has 6 nitrogen and oxygen atoms in total. The standard InChI is InChI=1S/C15H24N2O4S/c1-4-5-6-15(18)16-13-7-9-14(10-8-13)22(19,20)17-12(2)11-21-3/h7-10,12,17H,4-6,11H2,1-3H3,(H,16,18). The smallest absolute Gasteiger partial charge is 0.240 e. The third-order valence-corrected chi connectivity index (χ3v) is 4.58. The van der Waals surface area contributed by atoms with Gasteiger partial charge in [0.15, 0.2) is 0 Å². The maximum absolute atomic E-state index is 12.1. The number of carbonyl (C=O) groups excluding carboxylic acids is 1. The molecule has 2 N–H and O–H groups in total. The molecule has 0 aliphatic rings. The van der Waals surface area contributed by atoms with E-state index in [1.807, 2.05) is 6.92 Å². The van der Waals surface area contributed by atoms with Crippen molar-refractivity contribution < 1.29 is 17.9 Å². The molecule has 0 spiro atoms. The summed E-state index contributed by atoms with van der Waals surface area (Å²) < 4.78 is 31.7. The molecule has 0 saturated carbocycles. The van der Waals surface area contributed by atoms with Gasteiger partial charge in [0.05, 0.1) is 11.5 Å². The Balaban J connectivity index is 2.69. The van der Waals surface area contributed by atoms with Crippen molar-refractivity contribution in [2.24, 2.45) is 0 Å². The van der Waals surface area contributed by atoms with Gasteiger partial charge in [0, 0.05) is 25.3 Å². The maximum Gasteiger partial charge on any atom is 0.240 e. The van der Waals surface area contributed by atoms with Crippen LogP contribution in [-0.4, -0.2) is 34.1 Å². The lowest BCUT2D eigenvalue weighted by Gasteiger charge is -2.13. The van der Waals surface area contributed by atoms with Gasteiger partial charge in [0.2, 0.25) is 15.9 Å². The average Bonchev–Trinajstić information content (AvgIpc) is 2.45. The average molecular weight is 328 g/mol. The van der Waals surface area contributed by atoms with Gasteiger partial charge >= 0.3 is 0 Å². The van der Waals surface area contributed by atoms with Crippen molar-refractivity contribution in [3.05, 3.63) is 24.3 Å². The molecule has 1 rings (SSSR count). The van der Waals surface area contributed by atoms with E-state index in [9.17, 15) is 13.2 Å². The first-order chi connectivity index (χ1) is 10.4. The van der Waals surface area contributed by atoms with Gasteiger partial charge < -0.3 is 10.1 Å². The van der Waals surface area contributed by atoms with Gasteiger partial charge in [-0.1, -0.05) is 13.3 Å². The number of hydrogen-bond donors (Lipinski definition) is 2. The molecular formula is C15H24N2O4S. The van der Waals surface area contributed by atoms with Crippen LogP contribution in [0.4, 0.5) is 5.69 Å². The summed E-state index contributed by atoms with van der Waals surface area (Å²) in [6, 6.07) is 5.79. The minimum absolute atomic E-state index is 0.0655. The van der Waals surface area contributed by atoms with Crippen LogP contribution < -0.4 is 10.0 Å². The van der Waals surface area contributed by atoms with Gasteiger partial charge in [-0.3, -0.25) is 4.79 Å². The van der Waals surface area contributed by atoms with Crippen LogP contribution in [0.25, 0.3) is 0 Å². The first-order valence-corrected chi connectivity index (χ1v) is 8.78. The van der Waals surface area contributed by atoms with Crippen LogP contribution >= 0.6 is 0 Å². The number of anilines is 1. The maximum atomic E-state index is 12.1. The third-order valence-electron chi connectivity index (χ3n) is 2.98. The van der Waals surface area contributed by atoms with Crippen molar-refractivity contribution in [3.63, 3.8) is 0 Å². The number of rotatable bonds is 9. The van der Waals surface area contributed by atoms with Crippen LogP contribution in [0.2, 0.25) is 0 Å². The molecule has 0 aliphatic heterocycles. The number of carbonyl (C=O) groups is 1. The molecule has 0 aliphatic carbocycles. The first kappa shape index (κ1) is 18.6. The molecule has 0 bridgehead atoms. The van der Waals surface area contributed by atoms with Gasteiger partial charge in [-0.05, 0) is 37.6 Å². The fourth-order valence-electron chi connectivity index (χ4n) is 1.90. The van der Waals surface area contributed by atoms with Crippen LogP contribution in [-0.2, 0) is 19.6 Å². The van der Waals surface area contributed by atoms with Crippen molar-refractivity contribution in [1.29, 1.82) is 0 Å². The van der Waals surface area contributed by atoms with E-state index in [0.29, 0.717) is 18.7 Å². The lowest BCUT2D eigenvalue weighted by Crippen LogP contribution is -2.35. The van der Waals surface area contributed by atoms with Crippen LogP contribution in [0.5, 0.6) is 0 Å². The van der Waals surface area contributed by atoms with Gasteiger partial charge in [-0.15, -0.1) is 0 Å². The molecule has 1 unspecified atom stereocenters. The molecule has 124 valence electrons. The fourth-order valence-corrected chi connectivity index (χ4v) is 3.12. The largest absolute Gasteiger partial charge is 0.383 e. The zero-order chi connectivity index (χ0) is 16.6. The van der Waals surface area contributed by atoms with Crippen molar-refractivity contribution in [1.82, 2.24) is 4.72 Å². The summed E-state index contributed by atoms with van der Waals surface area (Å²) in [6.07, 6.45) is 2.25. The van der Waals surface area contributed by atoms with Crippen molar-refractivity contribution in [2.45, 2.75) is 44.0 Å². The molecule has 1 atom stereocenters. The van der Waals surface area contributed by atoms with E-state index < -0.39 is 10.0 Å². The number of hydrogen-bond acceptors (Lipinski definition) is 4. The first-order valence-electron chi connectivity index (χ1n) is 7.30. The minimum Gasteiger partial charge on any atom is -0.383 e. The number of benzene rings is 1. The van der Waals surface area contributed by atoms with E-state index in [-0.39, 0.29) is 16.8 Å². The number of sulfonamides is 1. The minimum atomic E-state index is -3.58. The summed E-state index contributed by atoms with van der Waals surface area (Å²) in [4.78, 5) is 11.8. The molecule has 1 aromatic rings. The Bertz CT molecular complexity index is 570. The molecule has 1 amide bonds. The molecule has 1 aromatic carbocycles. The van der Waals surface area contributed by atoms with Gasteiger partial charge in [0.1, 0.15) is 0 Å². The summed E-state index contributed by atoms with van der Waals surface area (Å²) in [5, 5.41) is 2.74. The Labute approximate surface area is 132 Å². The Kier molecular flexibility index (Phi) is 7.50. The number of amides is 1. The Morgan fingerprint density at radius 3 is 2.45 bits per heavy atom. The lowest BCUT2D eigenvalue weighted by molar-refractivity contribution is -0.116. The van der Waals surface area contributed by atoms with E-state index >= 15 is 0 Å². The van der Waals surface area contributed by atoms with Crippen LogP contribution in [0.1, 0.15) is 33.1 Å². The Morgan fingerprint density at radius 2 is 1.91 bits per heavy atom. The number of methoxy groups -OCH3 is 1. The summed E-state index contributed by atoms with van der Waals surface area (Å²) in [5.74, 6) is -0.0655. The second-order valence-corrected chi connectivity index (χ2v) is 6.87. The normalized spacial score (nSPS) is 12.9. The highest BCUT2D eigenvalue weighted by Crippen LogP contribution is 2.15. The highest BCUT2D eigenvalue weighted by Gasteiger charge is 2.17. The molecule has 0 aromatic heterocycles. The van der Waals surface area contributed by atoms with E-state index in [0.717, 1.165) is 12.8 Å². The van der Waals surface area contributed by atoms with Crippen LogP contribution in [0.3, 0.4) is 0 Å². The molecular weight excluding hydrogens is 304 g/mol. The lowest BCUT2D eigenvalue weighted by atomic mass is 10.2. The molecule has 0 heterocycles. The molecule has 0 saturated heterocycles. The van der Waals surface area contributed by atoms with Gasteiger partial charge in [-0.25, -0.2) is 13.1 Å². The zero-order valence-electron chi connectivity index (χ0n) is 13.3. The number of nitrogens with one attached hydrogen (secondary N) is 2. The Hall–Kier alpha value is -1.44. The molecule has 0 fully saturated rings. The molecule has 7 heteroatoms. The summed E-state index contributed by atoms with van der Waals surface area (Å²) in [6.45, 7) is 4.04. The topological polar surface area (TPSA) is 84.5 Å². The summed E-state index contributed by atoms with van der Waals surface area (Å²) in [7, 11) is -2.07. The summed E-state index contributed by atoms with van der Waals surface area (Å²) in [5.41, 5.74) is 0.588.